The standard InChI is InChI=1S/C17H14N2O6S/c20-14-5-6-15(21)18(14)8-11-1-3-13(4-2-11)17(22)25-9-12-7-16(19(23)24)26-10-12/h1-4,7,10H,5-6,8-9H2. The SMILES string of the molecule is O=C(OCc1csc([N+](=O)[O-])c1)c1ccc(CN2C(=O)CCC2=O)cc1. The van der Waals surface area contributed by atoms with Gasteiger partial charge in [-0.05, 0) is 17.7 Å². The Morgan fingerprint density at radius 2 is 1.81 bits per heavy atom. The summed E-state index contributed by atoms with van der Waals surface area (Å²) in [6, 6.07) is 7.79. The molecule has 1 saturated heterocycles. The van der Waals surface area contributed by atoms with E-state index in [9.17, 15) is 24.5 Å². The number of carbonyl (C=O) groups excluding carboxylic acids is 3. The zero-order chi connectivity index (χ0) is 18.7. The molecule has 9 heteroatoms. The third kappa shape index (κ3) is 3.94. The minimum atomic E-state index is -0.557. The van der Waals surface area contributed by atoms with Gasteiger partial charge in [0.15, 0.2) is 0 Å². The van der Waals surface area contributed by atoms with E-state index >= 15 is 0 Å². The van der Waals surface area contributed by atoms with E-state index in [-0.39, 0.29) is 42.8 Å². The number of nitro groups is 1. The number of carbonyl (C=O) groups is 3. The summed E-state index contributed by atoms with van der Waals surface area (Å²) in [6.45, 7) is 0.132. The first kappa shape index (κ1) is 17.7. The molecule has 0 unspecified atom stereocenters. The van der Waals surface area contributed by atoms with Crippen LogP contribution >= 0.6 is 11.3 Å². The zero-order valence-corrected chi connectivity index (χ0v) is 14.4. The summed E-state index contributed by atoms with van der Waals surface area (Å²) in [6.07, 6.45) is 0.480. The monoisotopic (exact) mass is 374 g/mol. The number of esters is 1. The Morgan fingerprint density at radius 1 is 1.15 bits per heavy atom. The summed E-state index contributed by atoms with van der Waals surface area (Å²) >= 11 is 0.972. The van der Waals surface area contributed by atoms with E-state index in [1.54, 1.807) is 29.6 Å². The minimum Gasteiger partial charge on any atom is -0.457 e. The number of ether oxygens (including phenoxy) is 1. The van der Waals surface area contributed by atoms with Crippen molar-refractivity contribution in [2.75, 3.05) is 0 Å². The number of imide groups is 1. The van der Waals surface area contributed by atoms with Gasteiger partial charge in [0.2, 0.25) is 11.8 Å². The number of likely N-dealkylation sites (tertiary alicyclic amines) is 1. The third-order valence-corrected chi connectivity index (χ3v) is 4.80. The third-order valence-electron chi connectivity index (χ3n) is 3.87. The van der Waals surface area contributed by atoms with Crippen molar-refractivity contribution in [3.63, 3.8) is 0 Å². The topological polar surface area (TPSA) is 107 Å². The number of thiophene rings is 1. The lowest BCUT2D eigenvalue weighted by Gasteiger charge is -2.13. The number of nitrogens with zero attached hydrogens (tertiary/aromatic N) is 2. The van der Waals surface area contributed by atoms with Crippen molar-refractivity contribution in [2.24, 2.45) is 0 Å². The second kappa shape index (κ2) is 7.44. The average Bonchev–Trinajstić information content (AvgIpc) is 3.22. The smallest absolute Gasteiger partial charge is 0.338 e. The molecule has 1 aliphatic heterocycles. The van der Waals surface area contributed by atoms with Crippen LogP contribution in [0.2, 0.25) is 0 Å². The van der Waals surface area contributed by atoms with Crippen LogP contribution in [0.1, 0.15) is 34.3 Å². The first-order valence-electron chi connectivity index (χ1n) is 7.75. The van der Waals surface area contributed by atoms with Gasteiger partial charge in [-0.3, -0.25) is 24.6 Å². The van der Waals surface area contributed by atoms with Gasteiger partial charge in [0.25, 0.3) is 0 Å². The molecule has 1 fully saturated rings. The molecule has 8 nitrogen and oxygen atoms in total. The van der Waals surface area contributed by atoms with Crippen molar-refractivity contribution in [2.45, 2.75) is 26.0 Å². The van der Waals surface area contributed by atoms with E-state index in [2.05, 4.69) is 0 Å². The fraction of sp³-hybridized carbons (Fsp3) is 0.235. The van der Waals surface area contributed by atoms with E-state index in [1.165, 1.54) is 11.0 Å². The van der Waals surface area contributed by atoms with E-state index in [0.717, 1.165) is 16.9 Å². The predicted molar refractivity (Wildman–Crippen MR) is 91.3 cm³/mol. The molecule has 0 spiro atoms. The molecule has 0 N–H and O–H groups in total. The summed E-state index contributed by atoms with van der Waals surface area (Å²) in [7, 11) is 0. The van der Waals surface area contributed by atoms with Gasteiger partial charge in [-0.1, -0.05) is 23.5 Å². The highest BCUT2D eigenvalue weighted by Gasteiger charge is 2.28. The highest BCUT2D eigenvalue weighted by Crippen LogP contribution is 2.23. The van der Waals surface area contributed by atoms with Crippen molar-refractivity contribution in [3.8, 4) is 0 Å². The lowest BCUT2D eigenvalue weighted by atomic mass is 10.1. The van der Waals surface area contributed by atoms with Gasteiger partial charge in [-0.2, -0.15) is 0 Å². The van der Waals surface area contributed by atoms with Gasteiger partial charge in [0.1, 0.15) is 6.61 Å². The maximum atomic E-state index is 12.0. The van der Waals surface area contributed by atoms with Gasteiger partial charge < -0.3 is 4.74 Å². The largest absolute Gasteiger partial charge is 0.457 e. The van der Waals surface area contributed by atoms with Crippen molar-refractivity contribution in [1.29, 1.82) is 0 Å². The maximum Gasteiger partial charge on any atom is 0.338 e. The van der Waals surface area contributed by atoms with Crippen LogP contribution in [0.4, 0.5) is 5.00 Å². The summed E-state index contributed by atoms with van der Waals surface area (Å²) < 4.78 is 5.14. The van der Waals surface area contributed by atoms with Crippen LogP contribution in [-0.4, -0.2) is 27.6 Å². The van der Waals surface area contributed by atoms with Crippen LogP contribution in [0, 0.1) is 10.1 Å². The van der Waals surface area contributed by atoms with Crippen LogP contribution in [0.25, 0.3) is 0 Å². The molecular formula is C17H14N2O6S. The fourth-order valence-corrected chi connectivity index (χ4v) is 3.21. The fourth-order valence-electron chi connectivity index (χ4n) is 2.49. The van der Waals surface area contributed by atoms with E-state index in [4.69, 9.17) is 4.74 Å². The second-order valence-corrected chi connectivity index (χ2v) is 6.59. The number of hydrogen-bond donors (Lipinski definition) is 0. The molecule has 26 heavy (non-hydrogen) atoms. The molecule has 3 rings (SSSR count). The summed E-state index contributed by atoms with van der Waals surface area (Å²) in [5, 5.41) is 12.2. The average molecular weight is 374 g/mol. The zero-order valence-electron chi connectivity index (χ0n) is 13.5. The molecule has 0 aliphatic carbocycles. The Bertz CT molecular complexity index is 858. The highest BCUT2D eigenvalue weighted by molar-refractivity contribution is 7.13. The first-order valence-corrected chi connectivity index (χ1v) is 8.63. The number of benzene rings is 1. The van der Waals surface area contributed by atoms with Crippen LogP contribution in [0.5, 0.6) is 0 Å². The summed E-state index contributed by atoms with van der Waals surface area (Å²) in [5.41, 5.74) is 1.61. The quantitative estimate of drug-likeness (QED) is 0.333. The summed E-state index contributed by atoms with van der Waals surface area (Å²) in [4.78, 5) is 46.6. The Morgan fingerprint density at radius 3 is 2.38 bits per heavy atom. The van der Waals surface area contributed by atoms with Crippen molar-refractivity contribution >= 4 is 34.1 Å². The summed E-state index contributed by atoms with van der Waals surface area (Å²) in [5.74, 6) is -0.939. The molecule has 1 aromatic carbocycles. The molecule has 2 amide bonds. The molecule has 0 bridgehead atoms. The molecule has 2 aromatic rings. The number of amides is 2. The second-order valence-electron chi connectivity index (χ2n) is 5.70. The van der Waals surface area contributed by atoms with E-state index in [1.807, 2.05) is 0 Å². The molecule has 0 atom stereocenters. The van der Waals surface area contributed by atoms with Crippen LogP contribution in [-0.2, 0) is 27.5 Å². The number of hydrogen-bond acceptors (Lipinski definition) is 7. The van der Waals surface area contributed by atoms with Crippen LogP contribution in [0.3, 0.4) is 0 Å². The van der Waals surface area contributed by atoms with E-state index < -0.39 is 10.9 Å². The van der Waals surface area contributed by atoms with Gasteiger partial charge in [-0.25, -0.2) is 4.79 Å². The lowest BCUT2D eigenvalue weighted by Crippen LogP contribution is -2.28. The lowest BCUT2D eigenvalue weighted by molar-refractivity contribution is -0.380. The number of rotatable bonds is 6. The molecule has 1 aromatic heterocycles. The van der Waals surface area contributed by atoms with Gasteiger partial charge in [0, 0.05) is 29.9 Å². The molecule has 0 radical (unpaired) electrons. The van der Waals surface area contributed by atoms with Crippen LogP contribution in [0.15, 0.2) is 35.7 Å². The van der Waals surface area contributed by atoms with Crippen molar-refractivity contribution in [3.05, 3.63) is 62.5 Å². The Balaban J connectivity index is 1.57. The van der Waals surface area contributed by atoms with Gasteiger partial charge in [-0.15, -0.1) is 0 Å². The Labute approximate surface area is 152 Å². The maximum absolute atomic E-state index is 12.0. The molecule has 0 saturated carbocycles. The molecule has 1 aliphatic rings. The molecule has 134 valence electrons. The molecule has 2 heterocycles. The first-order chi connectivity index (χ1) is 12.4. The van der Waals surface area contributed by atoms with Gasteiger partial charge >= 0.3 is 11.0 Å². The van der Waals surface area contributed by atoms with Crippen LogP contribution < -0.4 is 0 Å². The van der Waals surface area contributed by atoms with E-state index in [0.29, 0.717) is 11.1 Å². The normalized spacial score (nSPS) is 13.9. The minimum absolute atomic E-state index is 0.00795. The highest BCUT2D eigenvalue weighted by atomic mass is 32.1. The predicted octanol–water partition coefficient (Wildman–Crippen LogP) is 2.66. The van der Waals surface area contributed by atoms with Crippen molar-refractivity contribution < 1.29 is 24.0 Å². The molecular weight excluding hydrogens is 360 g/mol. The Hall–Kier alpha value is -3.07. The Kier molecular flexibility index (Phi) is 5.08. The van der Waals surface area contributed by atoms with Crippen molar-refractivity contribution in [1.82, 2.24) is 4.90 Å². The van der Waals surface area contributed by atoms with Gasteiger partial charge in [0.05, 0.1) is 17.0 Å².